The van der Waals surface area contributed by atoms with Gasteiger partial charge >= 0.3 is 0 Å². The summed E-state index contributed by atoms with van der Waals surface area (Å²) in [4.78, 5) is 0. The standard InChI is InChI=1S/C26H23Cl3N2O/c1-26(2,3)17-8-4-16(5-9-17)25-31-23(20-12-19(28)13-21(29)24(20)32-25)14-22(30-31)15-6-10-18(27)11-7-15/h4-13,23,25H,14H2,1-3H3. The van der Waals surface area contributed by atoms with E-state index in [9.17, 15) is 0 Å². The van der Waals surface area contributed by atoms with Crippen LogP contribution in [0.2, 0.25) is 15.1 Å². The number of halogens is 3. The van der Waals surface area contributed by atoms with Crippen molar-refractivity contribution in [2.75, 3.05) is 0 Å². The molecule has 6 heteroatoms. The molecule has 3 nitrogen and oxygen atoms in total. The van der Waals surface area contributed by atoms with Gasteiger partial charge in [0.1, 0.15) is 5.75 Å². The molecule has 0 aromatic heterocycles. The SMILES string of the molecule is CC(C)(C)c1ccc(C2Oc3c(Cl)cc(Cl)cc3C3CC(c4ccc(Cl)cc4)=NN32)cc1. The second-order valence-corrected chi connectivity index (χ2v) is 10.6. The van der Waals surface area contributed by atoms with Gasteiger partial charge in [0, 0.05) is 27.6 Å². The van der Waals surface area contributed by atoms with Crippen molar-refractivity contribution in [3.63, 3.8) is 0 Å². The number of rotatable bonds is 2. The van der Waals surface area contributed by atoms with Crippen LogP contribution in [-0.4, -0.2) is 10.7 Å². The summed E-state index contributed by atoms with van der Waals surface area (Å²) >= 11 is 19.0. The van der Waals surface area contributed by atoms with Crippen LogP contribution >= 0.6 is 34.8 Å². The fourth-order valence-electron chi connectivity index (χ4n) is 4.30. The summed E-state index contributed by atoms with van der Waals surface area (Å²) in [5, 5.41) is 8.83. The van der Waals surface area contributed by atoms with Gasteiger partial charge in [-0.15, -0.1) is 0 Å². The van der Waals surface area contributed by atoms with Crippen LogP contribution in [0.15, 0.2) is 65.8 Å². The fourth-order valence-corrected chi connectivity index (χ4v) is 4.98. The molecule has 0 radical (unpaired) electrons. The van der Waals surface area contributed by atoms with Gasteiger partial charge in [-0.05, 0) is 40.8 Å². The topological polar surface area (TPSA) is 24.8 Å². The van der Waals surface area contributed by atoms with Gasteiger partial charge in [-0.25, -0.2) is 5.01 Å². The lowest BCUT2D eigenvalue weighted by Crippen LogP contribution is -2.34. The van der Waals surface area contributed by atoms with Crippen LogP contribution in [0.5, 0.6) is 5.75 Å². The molecule has 5 rings (SSSR count). The van der Waals surface area contributed by atoms with Gasteiger partial charge in [0.25, 0.3) is 0 Å². The van der Waals surface area contributed by atoms with Crippen molar-refractivity contribution in [3.05, 3.63) is 98.0 Å². The molecule has 0 aliphatic carbocycles. The first-order valence-corrected chi connectivity index (χ1v) is 11.7. The Balaban J connectivity index is 1.59. The first kappa shape index (κ1) is 21.6. The van der Waals surface area contributed by atoms with E-state index in [1.807, 2.05) is 35.3 Å². The third-order valence-electron chi connectivity index (χ3n) is 6.05. The molecule has 2 aliphatic heterocycles. The summed E-state index contributed by atoms with van der Waals surface area (Å²) < 4.78 is 6.45. The summed E-state index contributed by atoms with van der Waals surface area (Å²) in [6.45, 7) is 6.62. The Hall–Kier alpha value is -2.20. The van der Waals surface area contributed by atoms with Gasteiger partial charge in [-0.1, -0.05) is 92.0 Å². The quantitative estimate of drug-likeness (QED) is 0.365. The van der Waals surface area contributed by atoms with E-state index in [0.717, 1.165) is 28.8 Å². The van der Waals surface area contributed by atoms with E-state index < -0.39 is 0 Å². The van der Waals surface area contributed by atoms with Crippen LogP contribution in [0.3, 0.4) is 0 Å². The maximum atomic E-state index is 6.57. The van der Waals surface area contributed by atoms with Crippen molar-refractivity contribution in [1.29, 1.82) is 0 Å². The van der Waals surface area contributed by atoms with Crippen molar-refractivity contribution >= 4 is 40.5 Å². The van der Waals surface area contributed by atoms with Crippen molar-refractivity contribution in [2.24, 2.45) is 5.10 Å². The molecule has 2 unspecified atom stereocenters. The molecule has 164 valence electrons. The van der Waals surface area contributed by atoms with Gasteiger partial charge in [-0.3, -0.25) is 0 Å². The summed E-state index contributed by atoms with van der Waals surface area (Å²) in [5.41, 5.74) is 5.36. The molecular weight excluding hydrogens is 463 g/mol. The molecule has 0 N–H and O–H groups in total. The molecule has 2 heterocycles. The highest BCUT2D eigenvalue weighted by Gasteiger charge is 2.42. The predicted molar refractivity (Wildman–Crippen MR) is 132 cm³/mol. The molecule has 0 amide bonds. The van der Waals surface area contributed by atoms with E-state index in [1.165, 1.54) is 5.56 Å². The van der Waals surface area contributed by atoms with Crippen LogP contribution in [0.1, 0.15) is 61.7 Å². The van der Waals surface area contributed by atoms with E-state index in [-0.39, 0.29) is 17.7 Å². The van der Waals surface area contributed by atoms with Crippen LogP contribution in [0, 0.1) is 0 Å². The highest BCUT2D eigenvalue weighted by molar-refractivity contribution is 6.35. The van der Waals surface area contributed by atoms with Gasteiger partial charge < -0.3 is 4.74 Å². The van der Waals surface area contributed by atoms with Crippen LogP contribution in [0.25, 0.3) is 0 Å². The zero-order chi connectivity index (χ0) is 22.6. The van der Waals surface area contributed by atoms with Crippen LogP contribution in [-0.2, 0) is 5.41 Å². The lowest BCUT2D eigenvalue weighted by Gasteiger charge is -2.38. The summed E-state index contributed by atoms with van der Waals surface area (Å²) in [6, 6.07) is 20.0. The van der Waals surface area contributed by atoms with E-state index >= 15 is 0 Å². The van der Waals surface area contributed by atoms with Gasteiger partial charge in [0.15, 0.2) is 0 Å². The monoisotopic (exact) mass is 484 g/mol. The van der Waals surface area contributed by atoms with Gasteiger partial charge in [0.05, 0.1) is 16.8 Å². The zero-order valence-electron chi connectivity index (χ0n) is 18.1. The minimum absolute atomic E-state index is 0.0204. The van der Waals surface area contributed by atoms with Gasteiger partial charge in [-0.2, -0.15) is 5.10 Å². The molecule has 2 atom stereocenters. The number of hydrogen-bond donors (Lipinski definition) is 0. The number of hydrogen-bond acceptors (Lipinski definition) is 3. The lowest BCUT2D eigenvalue weighted by molar-refractivity contribution is -0.0189. The minimum atomic E-state index is -0.384. The molecule has 0 saturated heterocycles. The van der Waals surface area contributed by atoms with Crippen LogP contribution in [0.4, 0.5) is 0 Å². The number of benzene rings is 3. The van der Waals surface area contributed by atoms with E-state index in [2.05, 4.69) is 45.0 Å². The average Bonchev–Trinajstić information content (AvgIpc) is 3.19. The molecule has 3 aromatic rings. The smallest absolute Gasteiger partial charge is 0.213 e. The van der Waals surface area contributed by atoms with Crippen molar-refractivity contribution in [3.8, 4) is 5.75 Å². The Kier molecular flexibility index (Phi) is 5.40. The molecule has 0 spiro atoms. The maximum absolute atomic E-state index is 6.57. The minimum Gasteiger partial charge on any atom is -0.463 e. The number of nitrogens with zero attached hydrogens (tertiary/aromatic N) is 2. The van der Waals surface area contributed by atoms with Crippen LogP contribution < -0.4 is 4.74 Å². The Bertz CT molecular complexity index is 1200. The van der Waals surface area contributed by atoms with Crippen molar-refractivity contribution in [1.82, 2.24) is 5.01 Å². The lowest BCUT2D eigenvalue weighted by atomic mass is 9.86. The predicted octanol–water partition coefficient (Wildman–Crippen LogP) is 8.19. The summed E-state index contributed by atoms with van der Waals surface area (Å²) in [6.07, 6.45) is 0.343. The molecule has 3 aromatic carbocycles. The summed E-state index contributed by atoms with van der Waals surface area (Å²) in [7, 11) is 0. The molecule has 0 saturated carbocycles. The normalized spacial score (nSPS) is 19.8. The second kappa shape index (κ2) is 7.98. The van der Waals surface area contributed by atoms with E-state index in [0.29, 0.717) is 20.8 Å². The number of hydrazone groups is 1. The Labute approximate surface area is 203 Å². The molecule has 2 aliphatic rings. The van der Waals surface area contributed by atoms with Crippen molar-refractivity contribution < 1.29 is 4.74 Å². The highest BCUT2D eigenvalue weighted by atomic mass is 35.5. The Morgan fingerprint density at radius 3 is 2.25 bits per heavy atom. The first-order valence-electron chi connectivity index (χ1n) is 10.6. The summed E-state index contributed by atoms with van der Waals surface area (Å²) in [5.74, 6) is 0.676. The number of fused-ring (bicyclic) bond motifs is 3. The molecule has 0 bridgehead atoms. The fraction of sp³-hybridized carbons (Fsp3) is 0.269. The average molecular weight is 486 g/mol. The van der Waals surface area contributed by atoms with Crippen molar-refractivity contribution in [2.45, 2.75) is 44.9 Å². The molecule has 0 fully saturated rings. The number of ether oxygens (including phenoxy) is 1. The second-order valence-electron chi connectivity index (χ2n) is 9.30. The Morgan fingerprint density at radius 2 is 1.59 bits per heavy atom. The van der Waals surface area contributed by atoms with Gasteiger partial charge in [0.2, 0.25) is 6.23 Å². The molecule has 32 heavy (non-hydrogen) atoms. The first-order chi connectivity index (χ1) is 15.2. The zero-order valence-corrected chi connectivity index (χ0v) is 20.3. The molecular formula is C26H23Cl3N2O. The third-order valence-corrected chi connectivity index (χ3v) is 6.80. The highest BCUT2D eigenvalue weighted by Crippen LogP contribution is 2.50. The largest absolute Gasteiger partial charge is 0.463 e. The van der Waals surface area contributed by atoms with E-state index in [4.69, 9.17) is 44.6 Å². The maximum Gasteiger partial charge on any atom is 0.213 e. The van der Waals surface area contributed by atoms with E-state index in [1.54, 1.807) is 6.07 Å². The third kappa shape index (κ3) is 3.87. The Morgan fingerprint density at radius 1 is 0.906 bits per heavy atom.